The van der Waals surface area contributed by atoms with E-state index in [-0.39, 0.29) is 12.0 Å². The zero-order chi connectivity index (χ0) is 18.9. The van der Waals surface area contributed by atoms with Crippen molar-refractivity contribution < 1.29 is 9.90 Å². The van der Waals surface area contributed by atoms with Crippen LogP contribution in [0.2, 0.25) is 0 Å². The van der Waals surface area contributed by atoms with Gasteiger partial charge in [-0.2, -0.15) is 0 Å². The maximum atomic E-state index is 11.8. The van der Waals surface area contributed by atoms with Crippen LogP contribution in [0, 0.1) is 0 Å². The number of amides is 1. The fourth-order valence-electron chi connectivity index (χ4n) is 3.23. The van der Waals surface area contributed by atoms with Crippen LogP contribution in [-0.2, 0) is 11.2 Å². The van der Waals surface area contributed by atoms with Gasteiger partial charge in [0, 0.05) is 13.0 Å². The Bertz CT molecular complexity index is 447. The van der Waals surface area contributed by atoms with E-state index in [0.29, 0.717) is 13.0 Å². The Morgan fingerprint density at radius 2 is 1.54 bits per heavy atom. The van der Waals surface area contributed by atoms with E-state index in [1.807, 2.05) is 18.2 Å². The fourth-order valence-corrected chi connectivity index (χ4v) is 3.23. The van der Waals surface area contributed by atoms with Crippen molar-refractivity contribution in [3.05, 3.63) is 35.9 Å². The number of carbonyl (C=O) groups is 1. The SMILES string of the molecule is CCCCCCC[C@@H](O)CCCCCCC(=O)NCCc1ccccc1. The van der Waals surface area contributed by atoms with Crippen LogP contribution in [0.3, 0.4) is 0 Å². The number of aliphatic hydroxyl groups excluding tert-OH is 1. The van der Waals surface area contributed by atoms with Crippen molar-refractivity contribution in [1.82, 2.24) is 5.32 Å². The third-order valence-corrected chi connectivity index (χ3v) is 4.91. The highest BCUT2D eigenvalue weighted by molar-refractivity contribution is 5.75. The topological polar surface area (TPSA) is 49.3 Å². The number of rotatable bonds is 16. The summed E-state index contributed by atoms with van der Waals surface area (Å²) in [4.78, 5) is 11.8. The molecule has 148 valence electrons. The molecule has 2 N–H and O–H groups in total. The van der Waals surface area contributed by atoms with Crippen molar-refractivity contribution >= 4 is 5.91 Å². The van der Waals surface area contributed by atoms with Crippen LogP contribution in [0.4, 0.5) is 0 Å². The average molecular weight is 362 g/mol. The summed E-state index contributed by atoms with van der Waals surface area (Å²) in [5, 5.41) is 13.0. The Morgan fingerprint density at radius 3 is 2.19 bits per heavy atom. The highest BCUT2D eigenvalue weighted by atomic mass is 16.3. The Hall–Kier alpha value is -1.35. The molecule has 0 aliphatic rings. The minimum Gasteiger partial charge on any atom is -0.393 e. The number of unbranched alkanes of at least 4 members (excludes halogenated alkanes) is 7. The summed E-state index contributed by atoms with van der Waals surface area (Å²) in [5.41, 5.74) is 1.26. The second kappa shape index (κ2) is 15.9. The van der Waals surface area contributed by atoms with Crippen LogP contribution in [0.15, 0.2) is 30.3 Å². The molecule has 1 atom stereocenters. The van der Waals surface area contributed by atoms with Crippen LogP contribution < -0.4 is 5.32 Å². The lowest BCUT2D eigenvalue weighted by molar-refractivity contribution is -0.121. The van der Waals surface area contributed by atoms with Gasteiger partial charge in [-0.15, -0.1) is 0 Å². The Labute approximate surface area is 160 Å². The van der Waals surface area contributed by atoms with Crippen LogP contribution in [0.25, 0.3) is 0 Å². The second-order valence-electron chi connectivity index (χ2n) is 7.40. The maximum absolute atomic E-state index is 11.8. The Morgan fingerprint density at radius 1 is 0.923 bits per heavy atom. The standard InChI is InChI=1S/C23H39NO2/c1-2-3-4-5-11-16-22(25)17-12-6-7-13-18-23(26)24-20-19-21-14-9-8-10-15-21/h8-10,14-15,22,25H,2-7,11-13,16-20H2,1H3,(H,24,26)/t22-/m1/s1. The highest BCUT2D eigenvalue weighted by Crippen LogP contribution is 2.13. The number of nitrogens with one attached hydrogen (secondary N) is 1. The first-order valence-electron chi connectivity index (χ1n) is 10.7. The zero-order valence-electron chi connectivity index (χ0n) is 16.7. The van der Waals surface area contributed by atoms with Crippen LogP contribution in [0.5, 0.6) is 0 Å². The molecule has 3 nitrogen and oxygen atoms in total. The van der Waals surface area contributed by atoms with Gasteiger partial charge in [-0.1, -0.05) is 88.6 Å². The van der Waals surface area contributed by atoms with E-state index in [1.54, 1.807) is 0 Å². The third-order valence-electron chi connectivity index (χ3n) is 4.91. The van der Waals surface area contributed by atoms with E-state index < -0.39 is 0 Å². The normalized spacial score (nSPS) is 12.1. The van der Waals surface area contributed by atoms with Gasteiger partial charge < -0.3 is 10.4 Å². The predicted octanol–water partition coefficient (Wildman–Crippen LogP) is 5.41. The summed E-state index contributed by atoms with van der Waals surface area (Å²) in [6.45, 7) is 2.94. The first kappa shape index (κ1) is 22.7. The van der Waals surface area contributed by atoms with Gasteiger partial charge in [0.25, 0.3) is 0 Å². The second-order valence-corrected chi connectivity index (χ2v) is 7.40. The smallest absolute Gasteiger partial charge is 0.220 e. The number of carbonyl (C=O) groups excluding carboxylic acids is 1. The minimum absolute atomic E-state index is 0.127. The summed E-state index contributed by atoms with van der Waals surface area (Å²) < 4.78 is 0. The molecule has 1 amide bonds. The average Bonchev–Trinajstić information content (AvgIpc) is 2.65. The van der Waals surface area contributed by atoms with Crippen molar-refractivity contribution in [2.24, 2.45) is 0 Å². The Kier molecular flexibility index (Phi) is 13.8. The van der Waals surface area contributed by atoms with E-state index in [4.69, 9.17) is 0 Å². The van der Waals surface area contributed by atoms with E-state index >= 15 is 0 Å². The van der Waals surface area contributed by atoms with Crippen molar-refractivity contribution in [3.63, 3.8) is 0 Å². The quantitative estimate of drug-likeness (QED) is 0.387. The molecular formula is C23H39NO2. The number of benzene rings is 1. The van der Waals surface area contributed by atoms with E-state index in [0.717, 1.165) is 51.4 Å². The lowest BCUT2D eigenvalue weighted by atomic mass is 10.0. The van der Waals surface area contributed by atoms with Crippen LogP contribution in [-0.4, -0.2) is 23.7 Å². The van der Waals surface area contributed by atoms with Crippen LogP contribution in [0.1, 0.15) is 89.5 Å². The molecule has 1 rings (SSSR count). The largest absolute Gasteiger partial charge is 0.393 e. The molecule has 0 aliphatic carbocycles. The van der Waals surface area contributed by atoms with Crippen molar-refractivity contribution in [2.45, 2.75) is 96.5 Å². The summed E-state index contributed by atoms with van der Waals surface area (Å²) in [7, 11) is 0. The molecule has 0 bridgehead atoms. The van der Waals surface area contributed by atoms with Gasteiger partial charge in [0.05, 0.1) is 6.10 Å². The third kappa shape index (κ3) is 12.9. The molecule has 0 aromatic heterocycles. The number of aliphatic hydroxyl groups is 1. The molecule has 0 radical (unpaired) electrons. The summed E-state index contributed by atoms with van der Waals surface area (Å²) in [6, 6.07) is 10.2. The molecule has 0 aliphatic heterocycles. The van der Waals surface area contributed by atoms with E-state index in [2.05, 4.69) is 24.4 Å². The van der Waals surface area contributed by atoms with Gasteiger partial charge in [-0.05, 0) is 31.2 Å². The lowest BCUT2D eigenvalue weighted by Crippen LogP contribution is -2.25. The molecule has 26 heavy (non-hydrogen) atoms. The van der Waals surface area contributed by atoms with Gasteiger partial charge in [0.15, 0.2) is 0 Å². The Balaban J connectivity index is 1.88. The van der Waals surface area contributed by atoms with Crippen molar-refractivity contribution in [3.8, 4) is 0 Å². The lowest BCUT2D eigenvalue weighted by Gasteiger charge is -2.10. The zero-order valence-corrected chi connectivity index (χ0v) is 16.7. The minimum atomic E-state index is -0.127. The van der Waals surface area contributed by atoms with E-state index in [1.165, 1.54) is 31.2 Å². The van der Waals surface area contributed by atoms with Crippen LogP contribution >= 0.6 is 0 Å². The van der Waals surface area contributed by atoms with Gasteiger partial charge in [-0.25, -0.2) is 0 Å². The fraction of sp³-hybridized carbons (Fsp3) is 0.696. The molecule has 0 heterocycles. The number of hydrogen-bond acceptors (Lipinski definition) is 2. The molecule has 1 aromatic carbocycles. The summed E-state index contributed by atoms with van der Waals surface area (Å²) in [6.07, 6.45) is 13.8. The molecule has 0 spiro atoms. The maximum Gasteiger partial charge on any atom is 0.220 e. The molecule has 3 heteroatoms. The monoisotopic (exact) mass is 361 g/mol. The van der Waals surface area contributed by atoms with Gasteiger partial charge in [-0.3, -0.25) is 4.79 Å². The first-order valence-corrected chi connectivity index (χ1v) is 10.7. The molecule has 0 saturated heterocycles. The summed E-state index contributed by atoms with van der Waals surface area (Å²) in [5.74, 6) is 0.160. The number of hydrogen-bond donors (Lipinski definition) is 2. The predicted molar refractivity (Wildman–Crippen MR) is 110 cm³/mol. The molecule has 0 unspecified atom stereocenters. The summed E-state index contributed by atoms with van der Waals surface area (Å²) >= 11 is 0. The van der Waals surface area contributed by atoms with Crippen molar-refractivity contribution in [2.75, 3.05) is 6.54 Å². The molecular weight excluding hydrogens is 322 g/mol. The van der Waals surface area contributed by atoms with E-state index in [9.17, 15) is 9.90 Å². The van der Waals surface area contributed by atoms with Gasteiger partial charge >= 0.3 is 0 Å². The highest BCUT2D eigenvalue weighted by Gasteiger charge is 2.04. The van der Waals surface area contributed by atoms with Gasteiger partial charge in [0.1, 0.15) is 0 Å². The molecule has 0 saturated carbocycles. The van der Waals surface area contributed by atoms with Gasteiger partial charge in [0.2, 0.25) is 5.91 Å². The molecule has 1 aromatic rings. The first-order chi connectivity index (χ1) is 12.7. The van der Waals surface area contributed by atoms with Crippen molar-refractivity contribution in [1.29, 1.82) is 0 Å². The molecule has 0 fully saturated rings.